The van der Waals surface area contributed by atoms with E-state index in [-0.39, 0.29) is 0 Å². The van der Waals surface area contributed by atoms with Gasteiger partial charge >= 0.3 is 0 Å². The van der Waals surface area contributed by atoms with Crippen molar-refractivity contribution in [2.24, 2.45) is 11.8 Å². The van der Waals surface area contributed by atoms with E-state index in [1.165, 1.54) is 11.3 Å². The number of piperidine rings is 1. The Balaban J connectivity index is 2.15. The van der Waals surface area contributed by atoms with Crippen LogP contribution in [0.4, 0.5) is 0 Å². The fourth-order valence-corrected chi connectivity index (χ4v) is 5.93. The highest BCUT2D eigenvalue weighted by molar-refractivity contribution is 7.91. The smallest absolute Gasteiger partial charge is 0.252 e. The second-order valence-electron chi connectivity index (χ2n) is 5.77. The van der Waals surface area contributed by atoms with Gasteiger partial charge in [-0.3, -0.25) is 0 Å². The van der Waals surface area contributed by atoms with Crippen LogP contribution in [0.5, 0.6) is 0 Å². The van der Waals surface area contributed by atoms with Gasteiger partial charge in [-0.05, 0) is 36.9 Å². The monoisotopic (exact) mass is 316 g/mol. The number of sulfonamides is 1. The Bertz CT molecular complexity index is 529. The zero-order valence-electron chi connectivity index (χ0n) is 12.4. The summed E-state index contributed by atoms with van der Waals surface area (Å²) >= 11 is 1.38. The summed E-state index contributed by atoms with van der Waals surface area (Å²) in [6.07, 6.45) is 1.11. The lowest BCUT2D eigenvalue weighted by molar-refractivity contribution is 0.223. The predicted octanol–water partition coefficient (Wildman–Crippen LogP) is 2.52. The topological polar surface area (TPSA) is 49.4 Å². The van der Waals surface area contributed by atoms with Crippen LogP contribution in [0, 0.1) is 11.8 Å². The van der Waals surface area contributed by atoms with Gasteiger partial charge in [0.05, 0.1) is 0 Å². The third-order valence-corrected chi connectivity index (χ3v) is 7.00. The van der Waals surface area contributed by atoms with Crippen molar-refractivity contribution in [1.82, 2.24) is 9.62 Å². The molecule has 0 spiro atoms. The molecular formula is C14H24N2O2S2. The second kappa shape index (κ2) is 6.56. The minimum atomic E-state index is -3.31. The first-order chi connectivity index (χ1) is 9.43. The number of hydrogen-bond acceptors (Lipinski definition) is 4. The van der Waals surface area contributed by atoms with Gasteiger partial charge in [0.25, 0.3) is 10.0 Å². The zero-order valence-corrected chi connectivity index (χ0v) is 14.1. The van der Waals surface area contributed by atoms with Crippen LogP contribution >= 0.6 is 11.3 Å². The van der Waals surface area contributed by atoms with E-state index in [1.54, 1.807) is 10.4 Å². The summed E-state index contributed by atoms with van der Waals surface area (Å²) in [7, 11) is -3.31. The zero-order chi connectivity index (χ0) is 14.8. The molecule has 1 aliphatic heterocycles. The molecule has 2 rings (SSSR count). The Hall–Kier alpha value is -0.430. The average Bonchev–Trinajstić information content (AvgIpc) is 2.84. The van der Waals surface area contributed by atoms with Crippen LogP contribution in [0.15, 0.2) is 16.3 Å². The molecule has 0 radical (unpaired) electrons. The molecular weight excluding hydrogens is 292 g/mol. The van der Waals surface area contributed by atoms with E-state index in [4.69, 9.17) is 0 Å². The van der Waals surface area contributed by atoms with E-state index < -0.39 is 10.0 Å². The standard InChI is InChI=1S/C14H24N2O2S2/c1-4-15-8-13-5-6-14(19-13)20(17,18)16-9-11(2)7-12(3)10-16/h5-6,11-12,15H,4,7-10H2,1-3H3. The minimum absolute atomic E-state index is 0.440. The Morgan fingerprint density at radius 3 is 2.55 bits per heavy atom. The van der Waals surface area contributed by atoms with Crippen molar-refractivity contribution in [2.45, 2.75) is 37.9 Å². The first-order valence-corrected chi connectivity index (χ1v) is 9.48. The lowest BCUT2D eigenvalue weighted by atomic mass is 9.94. The van der Waals surface area contributed by atoms with Crippen LogP contribution in [-0.4, -0.2) is 32.4 Å². The van der Waals surface area contributed by atoms with E-state index in [2.05, 4.69) is 19.2 Å². The molecule has 0 bridgehead atoms. The van der Waals surface area contributed by atoms with E-state index in [0.29, 0.717) is 29.1 Å². The number of rotatable bonds is 5. The summed E-state index contributed by atoms with van der Waals surface area (Å²) in [4.78, 5) is 1.07. The van der Waals surface area contributed by atoms with Gasteiger partial charge in [-0.15, -0.1) is 11.3 Å². The maximum atomic E-state index is 12.7. The van der Waals surface area contributed by atoms with Crippen LogP contribution in [-0.2, 0) is 16.6 Å². The quantitative estimate of drug-likeness (QED) is 0.908. The van der Waals surface area contributed by atoms with Gasteiger partial charge in [-0.1, -0.05) is 20.8 Å². The van der Waals surface area contributed by atoms with Crippen LogP contribution in [0.1, 0.15) is 32.1 Å². The summed E-state index contributed by atoms with van der Waals surface area (Å²) in [5.41, 5.74) is 0. The van der Waals surface area contributed by atoms with E-state index in [1.807, 2.05) is 13.0 Å². The molecule has 20 heavy (non-hydrogen) atoms. The average molecular weight is 316 g/mol. The van der Waals surface area contributed by atoms with E-state index >= 15 is 0 Å². The molecule has 0 saturated carbocycles. The molecule has 2 atom stereocenters. The van der Waals surface area contributed by atoms with Gasteiger partial charge in [-0.25, -0.2) is 8.42 Å². The first-order valence-electron chi connectivity index (χ1n) is 7.23. The SMILES string of the molecule is CCNCc1ccc(S(=O)(=O)N2CC(C)CC(C)C2)s1. The molecule has 2 unspecified atom stereocenters. The molecule has 1 aromatic rings. The maximum Gasteiger partial charge on any atom is 0.252 e. The molecule has 1 aliphatic rings. The highest BCUT2D eigenvalue weighted by Gasteiger charge is 2.32. The maximum absolute atomic E-state index is 12.7. The molecule has 0 aromatic carbocycles. The summed E-state index contributed by atoms with van der Waals surface area (Å²) in [6.45, 7) is 9.22. The van der Waals surface area contributed by atoms with Crippen molar-refractivity contribution in [1.29, 1.82) is 0 Å². The molecule has 1 fully saturated rings. The van der Waals surface area contributed by atoms with Crippen molar-refractivity contribution in [2.75, 3.05) is 19.6 Å². The summed E-state index contributed by atoms with van der Waals surface area (Å²) in [6, 6.07) is 3.66. The fourth-order valence-electron chi connectivity index (χ4n) is 2.77. The van der Waals surface area contributed by atoms with Crippen molar-refractivity contribution < 1.29 is 8.42 Å². The molecule has 0 amide bonds. The first kappa shape index (κ1) is 15.9. The second-order valence-corrected chi connectivity index (χ2v) is 9.10. The van der Waals surface area contributed by atoms with Crippen LogP contribution in [0.25, 0.3) is 0 Å². The van der Waals surface area contributed by atoms with Crippen molar-refractivity contribution in [3.8, 4) is 0 Å². The molecule has 1 aromatic heterocycles. The molecule has 1 saturated heterocycles. The molecule has 2 heterocycles. The van der Waals surface area contributed by atoms with E-state index in [9.17, 15) is 8.42 Å². The van der Waals surface area contributed by atoms with Gasteiger partial charge in [0.15, 0.2) is 0 Å². The van der Waals surface area contributed by atoms with Crippen molar-refractivity contribution in [3.05, 3.63) is 17.0 Å². The normalized spacial score (nSPS) is 24.9. The third-order valence-electron chi connectivity index (χ3n) is 3.62. The van der Waals surface area contributed by atoms with Gasteiger partial charge in [-0.2, -0.15) is 4.31 Å². The summed E-state index contributed by atoms with van der Waals surface area (Å²) in [5.74, 6) is 0.879. The Labute approximate surface area is 126 Å². The molecule has 4 nitrogen and oxygen atoms in total. The lowest BCUT2D eigenvalue weighted by Gasteiger charge is -2.33. The number of thiophene rings is 1. The van der Waals surface area contributed by atoms with Crippen LogP contribution < -0.4 is 5.32 Å². The highest BCUT2D eigenvalue weighted by Crippen LogP contribution is 2.30. The molecule has 1 N–H and O–H groups in total. The van der Waals surface area contributed by atoms with Crippen LogP contribution in [0.2, 0.25) is 0 Å². The van der Waals surface area contributed by atoms with Crippen LogP contribution in [0.3, 0.4) is 0 Å². The van der Waals surface area contributed by atoms with Gasteiger partial charge in [0, 0.05) is 24.5 Å². The predicted molar refractivity (Wildman–Crippen MR) is 83.4 cm³/mol. The lowest BCUT2D eigenvalue weighted by Crippen LogP contribution is -2.42. The third kappa shape index (κ3) is 3.61. The summed E-state index contributed by atoms with van der Waals surface area (Å²) in [5, 5.41) is 3.22. The minimum Gasteiger partial charge on any atom is -0.312 e. The Morgan fingerprint density at radius 2 is 1.95 bits per heavy atom. The van der Waals surface area contributed by atoms with E-state index in [0.717, 1.165) is 24.4 Å². The summed E-state index contributed by atoms with van der Waals surface area (Å²) < 4.78 is 27.5. The molecule has 0 aliphatic carbocycles. The number of hydrogen-bond donors (Lipinski definition) is 1. The van der Waals surface area contributed by atoms with Gasteiger partial charge < -0.3 is 5.32 Å². The largest absolute Gasteiger partial charge is 0.312 e. The van der Waals surface area contributed by atoms with Crippen molar-refractivity contribution in [3.63, 3.8) is 0 Å². The molecule has 114 valence electrons. The fraction of sp³-hybridized carbons (Fsp3) is 0.714. The Morgan fingerprint density at radius 1 is 1.30 bits per heavy atom. The number of nitrogens with zero attached hydrogens (tertiary/aromatic N) is 1. The number of nitrogens with one attached hydrogen (secondary N) is 1. The van der Waals surface area contributed by atoms with Crippen molar-refractivity contribution >= 4 is 21.4 Å². The Kier molecular flexibility index (Phi) is 5.23. The van der Waals surface area contributed by atoms with Gasteiger partial charge in [0.2, 0.25) is 0 Å². The molecule has 6 heteroatoms. The van der Waals surface area contributed by atoms with Gasteiger partial charge in [0.1, 0.15) is 4.21 Å². The highest BCUT2D eigenvalue weighted by atomic mass is 32.2.